The van der Waals surface area contributed by atoms with Gasteiger partial charge in [-0.15, -0.1) is 0 Å². The number of benzene rings is 2. The molecule has 0 spiro atoms. The van der Waals surface area contributed by atoms with Crippen molar-refractivity contribution in [2.45, 2.75) is 0 Å². The minimum Gasteiger partial charge on any atom is -0.478 e. The van der Waals surface area contributed by atoms with Gasteiger partial charge in [-0.25, -0.2) is 4.79 Å². The van der Waals surface area contributed by atoms with Gasteiger partial charge in [-0.1, -0.05) is 30.3 Å². The standard InChI is InChI=1S/C16H13BrN2O2/c17-14(10-12-4-2-1-3-5-12)11-18-19-15-8-6-13(7-9-15)16(20)21/h1-11,19H,(H,20,21)/b14-10+,18-11?. The molecule has 2 aromatic rings. The van der Waals surface area contributed by atoms with Crippen molar-refractivity contribution in [3.63, 3.8) is 0 Å². The molecule has 21 heavy (non-hydrogen) atoms. The first-order valence-corrected chi connectivity index (χ1v) is 6.99. The zero-order valence-electron chi connectivity index (χ0n) is 11.0. The van der Waals surface area contributed by atoms with E-state index in [2.05, 4.69) is 26.5 Å². The Balaban J connectivity index is 1.95. The van der Waals surface area contributed by atoms with E-state index in [0.717, 1.165) is 15.7 Å². The summed E-state index contributed by atoms with van der Waals surface area (Å²) in [6.07, 6.45) is 3.58. The number of anilines is 1. The van der Waals surface area contributed by atoms with Crippen LogP contribution < -0.4 is 5.43 Å². The second-order valence-corrected chi connectivity index (χ2v) is 5.11. The van der Waals surface area contributed by atoms with E-state index in [-0.39, 0.29) is 5.56 Å². The number of nitrogens with one attached hydrogen (secondary N) is 1. The highest BCUT2D eigenvalue weighted by Crippen LogP contribution is 2.12. The van der Waals surface area contributed by atoms with E-state index < -0.39 is 5.97 Å². The third-order valence-electron chi connectivity index (χ3n) is 2.62. The fraction of sp³-hybridized carbons (Fsp3) is 0. The van der Waals surface area contributed by atoms with Crippen LogP contribution in [0.15, 0.2) is 64.2 Å². The molecule has 5 heteroatoms. The van der Waals surface area contributed by atoms with Crippen molar-refractivity contribution >= 4 is 39.9 Å². The van der Waals surface area contributed by atoms with Gasteiger partial charge in [0.1, 0.15) is 0 Å². The molecule has 0 amide bonds. The number of halogens is 1. The Kier molecular flexibility index (Phi) is 5.29. The lowest BCUT2D eigenvalue weighted by atomic mass is 10.2. The van der Waals surface area contributed by atoms with Crippen molar-refractivity contribution in [3.05, 3.63) is 70.2 Å². The van der Waals surface area contributed by atoms with Crippen LogP contribution in [-0.2, 0) is 0 Å². The zero-order chi connectivity index (χ0) is 15.1. The van der Waals surface area contributed by atoms with Crippen LogP contribution in [0.4, 0.5) is 5.69 Å². The van der Waals surface area contributed by atoms with E-state index in [1.54, 1.807) is 18.3 Å². The van der Waals surface area contributed by atoms with Gasteiger partial charge in [0.25, 0.3) is 0 Å². The number of carbonyl (C=O) groups is 1. The zero-order valence-corrected chi connectivity index (χ0v) is 12.6. The molecular weight excluding hydrogens is 332 g/mol. The van der Waals surface area contributed by atoms with Crippen LogP contribution in [0.25, 0.3) is 6.08 Å². The van der Waals surface area contributed by atoms with E-state index in [4.69, 9.17) is 5.11 Å². The van der Waals surface area contributed by atoms with Gasteiger partial charge in [0.15, 0.2) is 0 Å². The molecule has 0 bridgehead atoms. The molecule has 2 N–H and O–H groups in total. The van der Waals surface area contributed by atoms with E-state index in [0.29, 0.717) is 0 Å². The molecule has 0 radical (unpaired) electrons. The average molecular weight is 345 g/mol. The van der Waals surface area contributed by atoms with Gasteiger partial charge in [0.05, 0.1) is 17.5 Å². The normalized spacial score (nSPS) is 11.6. The number of aromatic carboxylic acids is 1. The molecule has 106 valence electrons. The van der Waals surface area contributed by atoms with Crippen molar-refractivity contribution in [2.24, 2.45) is 5.10 Å². The van der Waals surface area contributed by atoms with Crippen LogP contribution in [0.5, 0.6) is 0 Å². The Morgan fingerprint density at radius 1 is 1.10 bits per heavy atom. The highest BCUT2D eigenvalue weighted by atomic mass is 79.9. The molecule has 0 aliphatic carbocycles. The predicted molar refractivity (Wildman–Crippen MR) is 88.9 cm³/mol. The Morgan fingerprint density at radius 3 is 2.38 bits per heavy atom. The lowest BCUT2D eigenvalue weighted by Gasteiger charge is -2.00. The van der Waals surface area contributed by atoms with Crippen LogP contribution in [0.2, 0.25) is 0 Å². The van der Waals surface area contributed by atoms with Crippen LogP contribution >= 0.6 is 15.9 Å². The number of allylic oxidation sites excluding steroid dienone is 1. The van der Waals surface area contributed by atoms with E-state index in [1.807, 2.05) is 36.4 Å². The summed E-state index contributed by atoms with van der Waals surface area (Å²) in [5.74, 6) is -0.946. The van der Waals surface area contributed by atoms with Gasteiger partial charge in [-0.3, -0.25) is 5.43 Å². The molecule has 0 heterocycles. The smallest absolute Gasteiger partial charge is 0.335 e. The summed E-state index contributed by atoms with van der Waals surface area (Å²) in [7, 11) is 0. The molecule has 0 saturated heterocycles. The van der Waals surface area contributed by atoms with Crippen molar-refractivity contribution < 1.29 is 9.90 Å². The second-order valence-electron chi connectivity index (χ2n) is 4.19. The number of carboxylic acids is 1. The summed E-state index contributed by atoms with van der Waals surface area (Å²) < 4.78 is 0.823. The number of hydrazone groups is 1. The third kappa shape index (κ3) is 4.89. The molecule has 0 atom stereocenters. The lowest BCUT2D eigenvalue weighted by molar-refractivity contribution is 0.0697. The monoisotopic (exact) mass is 344 g/mol. The Morgan fingerprint density at radius 2 is 1.76 bits per heavy atom. The fourth-order valence-electron chi connectivity index (χ4n) is 1.60. The van der Waals surface area contributed by atoms with Gasteiger partial charge >= 0.3 is 5.97 Å². The van der Waals surface area contributed by atoms with Crippen LogP contribution in [-0.4, -0.2) is 17.3 Å². The molecule has 2 rings (SSSR count). The maximum atomic E-state index is 10.7. The first-order valence-electron chi connectivity index (χ1n) is 6.20. The highest BCUT2D eigenvalue weighted by Gasteiger charge is 2.00. The summed E-state index contributed by atoms with van der Waals surface area (Å²) >= 11 is 3.41. The Labute approximate surface area is 130 Å². The summed E-state index contributed by atoms with van der Waals surface area (Å²) in [5.41, 5.74) is 4.87. The topological polar surface area (TPSA) is 61.7 Å². The molecule has 4 nitrogen and oxygen atoms in total. The number of hydrogen-bond donors (Lipinski definition) is 2. The fourth-order valence-corrected chi connectivity index (χ4v) is 1.97. The number of carboxylic acid groups (broad SMARTS) is 1. The van der Waals surface area contributed by atoms with Gasteiger partial charge in [-0.2, -0.15) is 5.10 Å². The summed E-state index contributed by atoms with van der Waals surface area (Å²) in [4.78, 5) is 10.7. The molecular formula is C16H13BrN2O2. The third-order valence-corrected chi connectivity index (χ3v) is 3.05. The molecule has 0 fully saturated rings. The first kappa shape index (κ1) is 15.0. The van der Waals surface area contributed by atoms with Crippen LogP contribution in [0, 0.1) is 0 Å². The molecule has 0 unspecified atom stereocenters. The van der Waals surface area contributed by atoms with Crippen molar-refractivity contribution in [1.29, 1.82) is 0 Å². The van der Waals surface area contributed by atoms with Gasteiger partial charge < -0.3 is 5.11 Å². The minimum absolute atomic E-state index is 0.245. The molecule has 2 aromatic carbocycles. The maximum Gasteiger partial charge on any atom is 0.335 e. The Bertz CT molecular complexity index is 664. The van der Waals surface area contributed by atoms with E-state index >= 15 is 0 Å². The molecule has 0 aliphatic rings. The van der Waals surface area contributed by atoms with Gasteiger partial charge in [0.2, 0.25) is 0 Å². The number of nitrogens with zero attached hydrogens (tertiary/aromatic N) is 1. The van der Waals surface area contributed by atoms with E-state index in [1.165, 1.54) is 12.1 Å². The Hall–Kier alpha value is -2.40. The van der Waals surface area contributed by atoms with Gasteiger partial charge in [-0.05, 0) is 51.8 Å². The van der Waals surface area contributed by atoms with E-state index in [9.17, 15) is 4.79 Å². The average Bonchev–Trinajstić information content (AvgIpc) is 2.49. The number of rotatable bonds is 5. The summed E-state index contributed by atoms with van der Waals surface area (Å²) in [6, 6.07) is 16.2. The van der Waals surface area contributed by atoms with Crippen molar-refractivity contribution in [1.82, 2.24) is 0 Å². The minimum atomic E-state index is -0.946. The summed E-state index contributed by atoms with van der Waals surface area (Å²) in [5, 5.41) is 12.9. The first-order chi connectivity index (χ1) is 10.1. The van der Waals surface area contributed by atoms with Crippen LogP contribution in [0.3, 0.4) is 0 Å². The van der Waals surface area contributed by atoms with Crippen molar-refractivity contribution in [2.75, 3.05) is 5.43 Å². The maximum absolute atomic E-state index is 10.7. The summed E-state index contributed by atoms with van der Waals surface area (Å²) in [6.45, 7) is 0. The SMILES string of the molecule is O=C(O)c1ccc(NN=C/C(Br)=C\c2ccccc2)cc1. The predicted octanol–water partition coefficient (Wildman–Crippen LogP) is 4.22. The second kappa shape index (κ2) is 7.40. The van der Waals surface area contributed by atoms with Gasteiger partial charge in [0, 0.05) is 4.48 Å². The molecule has 0 saturated carbocycles. The lowest BCUT2D eigenvalue weighted by Crippen LogP contribution is -1.96. The van der Waals surface area contributed by atoms with Crippen LogP contribution in [0.1, 0.15) is 15.9 Å². The number of hydrogen-bond acceptors (Lipinski definition) is 3. The molecule has 0 aromatic heterocycles. The highest BCUT2D eigenvalue weighted by molar-refractivity contribution is 9.12. The largest absolute Gasteiger partial charge is 0.478 e. The quantitative estimate of drug-likeness (QED) is 0.630. The van der Waals surface area contributed by atoms with Crippen molar-refractivity contribution in [3.8, 4) is 0 Å². The molecule has 0 aliphatic heterocycles.